The first-order chi connectivity index (χ1) is 31.7. The second-order valence-corrected chi connectivity index (χ2v) is 19.3. The van der Waals surface area contributed by atoms with Crippen LogP contribution in [-0.2, 0) is 4.79 Å². The number of carbonyl (C=O) groups excluding carboxylic acids is 1. The Bertz CT molecular complexity index is 1060. The Morgan fingerprint density at radius 2 is 0.656 bits per heavy atom. The van der Waals surface area contributed by atoms with E-state index in [0.717, 1.165) is 44.9 Å². The molecule has 3 N–H and O–H groups in total. The lowest BCUT2D eigenvalue weighted by Gasteiger charge is -2.19. The summed E-state index contributed by atoms with van der Waals surface area (Å²) in [7, 11) is 0. The Hall–Kier alpha value is -1.91. The van der Waals surface area contributed by atoms with Crippen molar-refractivity contribution in [2.45, 2.75) is 309 Å². The summed E-state index contributed by atoms with van der Waals surface area (Å²) in [4.78, 5) is 12.5. The molecule has 0 radical (unpaired) electrons. The van der Waals surface area contributed by atoms with Crippen molar-refractivity contribution in [3.63, 3.8) is 0 Å². The number of amides is 1. The summed E-state index contributed by atoms with van der Waals surface area (Å²) in [5.74, 6) is -0.0748. The molecule has 0 fully saturated rings. The zero-order valence-electron chi connectivity index (χ0n) is 43.1. The van der Waals surface area contributed by atoms with E-state index < -0.39 is 12.1 Å². The first kappa shape index (κ1) is 62.1. The van der Waals surface area contributed by atoms with Gasteiger partial charge in [0.15, 0.2) is 0 Å². The molecule has 0 aliphatic heterocycles. The molecule has 2 unspecified atom stereocenters. The number of rotatable bonds is 52. The Labute approximate surface area is 400 Å². The predicted octanol–water partition coefficient (Wildman–Crippen LogP) is 18.8. The van der Waals surface area contributed by atoms with Gasteiger partial charge in [-0.15, -0.1) is 0 Å². The van der Waals surface area contributed by atoms with Crippen LogP contribution < -0.4 is 5.32 Å². The largest absolute Gasteiger partial charge is 0.394 e. The minimum atomic E-state index is -0.871. The molecule has 64 heavy (non-hydrogen) atoms. The van der Waals surface area contributed by atoms with Gasteiger partial charge in [-0.1, -0.05) is 274 Å². The van der Waals surface area contributed by atoms with Crippen LogP contribution in [0.3, 0.4) is 0 Å². The molecule has 0 aromatic heterocycles. The van der Waals surface area contributed by atoms with Crippen molar-refractivity contribution >= 4 is 5.91 Å². The summed E-state index contributed by atoms with van der Waals surface area (Å²) in [6, 6.07) is -0.647. The van der Waals surface area contributed by atoms with Crippen molar-refractivity contribution in [1.82, 2.24) is 5.32 Å². The summed E-state index contributed by atoms with van der Waals surface area (Å²) in [5, 5.41) is 23.1. The van der Waals surface area contributed by atoms with E-state index in [1.807, 2.05) is 6.08 Å². The first-order valence-corrected chi connectivity index (χ1v) is 28.5. The SMILES string of the molecule is CCCCCCC/C=C\C/C=C\CCCCCCCCCCCCCCCCCCCCCC(=O)NC(CO)C(O)/C=C/CC/C=C/CC/C=C/CCCCCCCCCCCCC. The molecular formula is C60H111NO3. The molecular weight excluding hydrogens is 783 g/mol. The van der Waals surface area contributed by atoms with Crippen molar-refractivity contribution in [3.8, 4) is 0 Å². The van der Waals surface area contributed by atoms with Gasteiger partial charge in [0.2, 0.25) is 5.91 Å². The van der Waals surface area contributed by atoms with Crippen LogP contribution >= 0.6 is 0 Å². The van der Waals surface area contributed by atoms with Crippen LogP contribution in [0.1, 0.15) is 296 Å². The quantitative estimate of drug-likeness (QED) is 0.0421. The molecule has 374 valence electrons. The van der Waals surface area contributed by atoms with Gasteiger partial charge < -0.3 is 15.5 Å². The van der Waals surface area contributed by atoms with E-state index in [2.05, 4.69) is 67.8 Å². The minimum absolute atomic E-state index is 0.0748. The van der Waals surface area contributed by atoms with Crippen LogP contribution in [0.15, 0.2) is 60.8 Å². The van der Waals surface area contributed by atoms with Gasteiger partial charge in [0.1, 0.15) is 0 Å². The molecule has 0 aromatic rings. The van der Waals surface area contributed by atoms with E-state index in [1.165, 1.54) is 231 Å². The van der Waals surface area contributed by atoms with Gasteiger partial charge in [-0.3, -0.25) is 4.79 Å². The highest BCUT2D eigenvalue weighted by Crippen LogP contribution is 2.16. The number of hydrogen-bond donors (Lipinski definition) is 3. The average Bonchev–Trinajstić information content (AvgIpc) is 3.30. The fourth-order valence-electron chi connectivity index (χ4n) is 8.60. The van der Waals surface area contributed by atoms with Crippen molar-refractivity contribution < 1.29 is 15.0 Å². The molecule has 0 aliphatic rings. The summed E-state index contributed by atoms with van der Waals surface area (Å²) in [5.41, 5.74) is 0. The van der Waals surface area contributed by atoms with Gasteiger partial charge in [0, 0.05) is 6.42 Å². The molecule has 4 heteroatoms. The molecule has 0 aliphatic carbocycles. The molecule has 0 saturated heterocycles. The topological polar surface area (TPSA) is 69.6 Å². The Morgan fingerprint density at radius 1 is 0.375 bits per heavy atom. The van der Waals surface area contributed by atoms with Gasteiger partial charge >= 0.3 is 0 Å². The number of allylic oxidation sites excluding steroid dienone is 9. The maximum absolute atomic E-state index is 12.5. The predicted molar refractivity (Wildman–Crippen MR) is 285 cm³/mol. The molecule has 0 aromatic carbocycles. The lowest BCUT2D eigenvalue weighted by molar-refractivity contribution is -0.123. The van der Waals surface area contributed by atoms with Gasteiger partial charge in [-0.2, -0.15) is 0 Å². The fourth-order valence-corrected chi connectivity index (χ4v) is 8.60. The van der Waals surface area contributed by atoms with Crippen LogP contribution in [0.4, 0.5) is 0 Å². The standard InChI is InChI=1S/C60H111NO3/c1-3-5-7-9-11-13-15-17-19-21-23-25-26-27-28-29-30-31-32-33-34-36-38-40-42-44-46-48-50-52-54-56-60(64)61-58(57-62)59(63)55-53-51-49-47-45-43-41-39-37-35-24-22-20-18-16-14-12-10-8-6-4-2/h15,17,21,23,37,39,45,47,53,55,58-59,62-63H,3-14,16,18-20,22,24-36,38,40-44,46,48-52,54,56-57H2,1-2H3,(H,61,64)/b17-15-,23-21-,39-37+,47-45+,55-53+. The highest BCUT2D eigenvalue weighted by atomic mass is 16.3. The third-order valence-electron chi connectivity index (χ3n) is 13.0. The maximum Gasteiger partial charge on any atom is 0.220 e. The highest BCUT2D eigenvalue weighted by molar-refractivity contribution is 5.76. The summed E-state index contributed by atoms with van der Waals surface area (Å²) < 4.78 is 0. The Kier molecular flexibility index (Phi) is 53.8. The monoisotopic (exact) mass is 894 g/mol. The van der Waals surface area contributed by atoms with Crippen LogP contribution in [0.2, 0.25) is 0 Å². The maximum atomic E-state index is 12.5. The molecule has 0 saturated carbocycles. The highest BCUT2D eigenvalue weighted by Gasteiger charge is 2.18. The van der Waals surface area contributed by atoms with Crippen molar-refractivity contribution in [1.29, 1.82) is 0 Å². The van der Waals surface area contributed by atoms with Gasteiger partial charge in [0.05, 0.1) is 18.8 Å². The lowest BCUT2D eigenvalue weighted by atomic mass is 10.0. The van der Waals surface area contributed by atoms with Crippen LogP contribution in [0, 0.1) is 0 Å². The number of aliphatic hydroxyl groups is 2. The number of hydrogen-bond acceptors (Lipinski definition) is 3. The molecule has 0 spiro atoms. The number of carbonyl (C=O) groups is 1. The Balaban J connectivity index is 3.52. The van der Waals surface area contributed by atoms with Gasteiger partial charge in [-0.05, 0) is 77.0 Å². The van der Waals surface area contributed by atoms with E-state index >= 15 is 0 Å². The second-order valence-electron chi connectivity index (χ2n) is 19.3. The van der Waals surface area contributed by atoms with E-state index in [0.29, 0.717) is 6.42 Å². The summed E-state index contributed by atoms with van der Waals surface area (Å²) in [6.45, 7) is 4.30. The summed E-state index contributed by atoms with van der Waals surface area (Å²) in [6.07, 6.45) is 78.2. The molecule has 4 nitrogen and oxygen atoms in total. The van der Waals surface area contributed by atoms with E-state index in [-0.39, 0.29) is 12.5 Å². The van der Waals surface area contributed by atoms with Gasteiger partial charge in [-0.25, -0.2) is 0 Å². The molecule has 0 rings (SSSR count). The second kappa shape index (κ2) is 55.4. The zero-order valence-corrected chi connectivity index (χ0v) is 43.1. The molecule has 0 heterocycles. The van der Waals surface area contributed by atoms with E-state index in [1.54, 1.807) is 6.08 Å². The lowest BCUT2D eigenvalue weighted by Crippen LogP contribution is -2.45. The average molecular weight is 895 g/mol. The minimum Gasteiger partial charge on any atom is -0.394 e. The van der Waals surface area contributed by atoms with Crippen LogP contribution in [-0.4, -0.2) is 34.9 Å². The van der Waals surface area contributed by atoms with Crippen molar-refractivity contribution in [2.75, 3.05) is 6.61 Å². The number of aliphatic hydroxyl groups excluding tert-OH is 2. The normalized spacial score (nSPS) is 13.2. The van der Waals surface area contributed by atoms with E-state index in [9.17, 15) is 15.0 Å². The Morgan fingerprint density at radius 3 is 1.00 bits per heavy atom. The van der Waals surface area contributed by atoms with Crippen molar-refractivity contribution in [2.24, 2.45) is 0 Å². The smallest absolute Gasteiger partial charge is 0.220 e. The van der Waals surface area contributed by atoms with Crippen molar-refractivity contribution in [3.05, 3.63) is 60.8 Å². The first-order valence-electron chi connectivity index (χ1n) is 28.5. The third-order valence-corrected chi connectivity index (χ3v) is 13.0. The molecule has 0 bridgehead atoms. The van der Waals surface area contributed by atoms with E-state index in [4.69, 9.17) is 0 Å². The third kappa shape index (κ3) is 51.1. The fraction of sp³-hybridized carbons (Fsp3) is 0.817. The van der Waals surface area contributed by atoms with Crippen LogP contribution in [0.25, 0.3) is 0 Å². The van der Waals surface area contributed by atoms with Crippen LogP contribution in [0.5, 0.6) is 0 Å². The molecule has 1 amide bonds. The zero-order chi connectivity index (χ0) is 46.3. The molecule has 2 atom stereocenters. The number of unbranched alkanes of at least 4 members (excludes halogenated alkanes) is 37. The summed E-state index contributed by atoms with van der Waals surface area (Å²) >= 11 is 0. The van der Waals surface area contributed by atoms with Gasteiger partial charge in [0.25, 0.3) is 0 Å². The number of nitrogens with one attached hydrogen (secondary N) is 1.